The molecule has 0 aliphatic rings. The third-order valence-electron chi connectivity index (χ3n) is 4.66. The molecule has 2 aromatic carbocycles. The number of aromatic amines is 1. The van der Waals surface area contributed by atoms with Gasteiger partial charge in [0.05, 0.1) is 5.69 Å². The normalized spacial score (nSPS) is 10.6. The Labute approximate surface area is 167 Å². The number of rotatable bonds is 7. The number of ether oxygens (including phenoxy) is 1. The summed E-state index contributed by atoms with van der Waals surface area (Å²) in [6.07, 6.45) is 0. The molecule has 0 aliphatic carbocycles. The van der Waals surface area contributed by atoms with E-state index in [-0.39, 0.29) is 24.0 Å². The minimum atomic E-state index is -0.405. The number of carbonyl (C=O) groups is 3. The Hall–Kier alpha value is -3.54. The number of Topliss-reactive ketones (excluding diaryl/α,β-unsaturated/α-hetero) is 2. The fraction of sp³-hybridized carbons (Fsp3) is 0.174. The number of carbonyl (C=O) groups excluding carboxylic acids is 3. The Bertz CT molecular complexity index is 1080. The first-order chi connectivity index (χ1) is 13.8. The van der Waals surface area contributed by atoms with Gasteiger partial charge in [0.25, 0.3) is 0 Å². The number of aromatic nitrogens is 1. The lowest BCUT2D eigenvalue weighted by molar-refractivity contribution is 0.0915. The van der Waals surface area contributed by atoms with Gasteiger partial charge in [0, 0.05) is 22.4 Å². The van der Waals surface area contributed by atoms with Crippen LogP contribution in [0.1, 0.15) is 54.9 Å². The second-order valence-electron chi connectivity index (χ2n) is 6.75. The number of hydrogen-bond donors (Lipinski definition) is 1. The summed E-state index contributed by atoms with van der Waals surface area (Å²) in [5, 5.41) is 0. The predicted molar refractivity (Wildman–Crippen MR) is 106 cm³/mol. The van der Waals surface area contributed by atoms with E-state index in [9.17, 15) is 18.8 Å². The van der Waals surface area contributed by atoms with Crippen LogP contribution in [0.5, 0.6) is 5.75 Å². The van der Waals surface area contributed by atoms with Crippen molar-refractivity contribution in [3.8, 4) is 5.75 Å². The first-order valence-electron chi connectivity index (χ1n) is 9.04. The molecule has 0 bridgehead atoms. The molecule has 0 atom stereocenters. The zero-order valence-corrected chi connectivity index (χ0v) is 16.3. The zero-order valence-electron chi connectivity index (χ0n) is 16.3. The molecule has 1 N–H and O–H groups in total. The summed E-state index contributed by atoms with van der Waals surface area (Å²) in [4.78, 5) is 39.5. The van der Waals surface area contributed by atoms with Crippen LogP contribution in [0.4, 0.5) is 4.39 Å². The van der Waals surface area contributed by atoms with Gasteiger partial charge in [0.2, 0.25) is 5.78 Å². The molecule has 1 aromatic heterocycles. The Morgan fingerprint density at radius 1 is 0.931 bits per heavy atom. The number of H-pyrrole nitrogens is 1. The molecule has 6 heteroatoms. The Morgan fingerprint density at radius 2 is 1.48 bits per heavy atom. The Morgan fingerprint density at radius 3 is 2.00 bits per heavy atom. The van der Waals surface area contributed by atoms with E-state index in [4.69, 9.17) is 4.74 Å². The van der Waals surface area contributed by atoms with E-state index in [1.54, 1.807) is 38.1 Å². The summed E-state index contributed by atoms with van der Waals surface area (Å²) in [6.45, 7) is 4.73. The molecular formula is C23H20FNO4. The maximum atomic E-state index is 13.0. The minimum Gasteiger partial charge on any atom is -0.485 e. The smallest absolute Gasteiger partial charge is 0.216 e. The van der Waals surface area contributed by atoms with Gasteiger partial charge in [-0.2, -0.15) is 0 Å². The second kappa shape index (κ2) is 8.22. The fourth-order valence-corrected chi connectivity index (χ4v) is 3.25. The first kappa shape index (κ1) is 20.2. The molecule has 5 nitrogen and oxygen atoms in total. The average molecular weight is 393 g/mol. The van der Waals surface area contributed by atoms with Gasteiger partial charge in [-0.1, -0.05) is 0 Å². The van der Waals surface area contributed by atoms with Gasteiger partial charge in [-0.15, -0.1) is 0 Å². The van der Waals surface area contributed by atoms with Crippen molar-refractivity contribution in [1.29, 1.82) is 0 Å². The molecule has 0 unspecified atom stereocenters. The van der Waals surface area contributed by atoms with Crippen molar-refractivity contribution in [2.45, 2.75) is 20.8 Å². The van der Waals surface area contributed by atoms with Crippen LogP contribution in [0, 0.1) is 19.7 Å². The monoisotopic (exact) mass is 393 g/mol. The topological polar surface area (TPSA) is 76.2 Å². The van der Waals surface area contributed by atoms with E-state index in [0.717, 1.165) is 0 Å². The van der Waals surface area contributed by atoms with E-state index in [1.165, 1.54) is 31.2 Å². The maximum Gasteiger partial charge on any atom is 0.216 e. The van der Waals surface area contributed by atoms with E-state index < -0.39 is 5.82 Å². The molecular weight excluding hydrogens is 373 g/mol. The highest BCUT2D eigenvalue weighted by Crippen LogP contribution is 2.20. The lowest BCUT2D eigenvalue weighted by Gasteiger charge is -2.07. The highest BCUT2D eigenvalue weighted by molar-refractivity contribution is 6.09. The minimum absolute atomic E-state index is 0.0994. The molecule has 0 fully saturated rings. The van der Waals surface area contributed by atoms with Crippen LogP contribution < -0.4 is 4.74 Å². The number of benzene rings is 2. The molecule has 3 rings (SSSR count). The predicted octanol–water partition coefficient (Wildman–Crippen LogP) is 4.47. The Kier molecular flexibility index (Phi) is 5.73. The van der Waals surface area contributed by atoms with Crippen LogP contribution in [0.15, 0.2) is 48.5 Å². The summed E-state index contributed by atoms with van der Waals surface area (Å²) in [6, 6.07) is 11.7. The lowest BCUT2D eigenvalue weighted by Crippen LogP contribution is -2.13. The SMILES string of the molecule is CC(=O)c1c(C)[nH]c(C(=O)COc2ccc(C(=O)c3ccc(F)cc3)cc2)c1C. The summed E-state index contributed by atoms with van der Waals surface area (Å²) in [5.41, 5.74) is 2.96. The van der Waals surface area contributed by atoms with Gasteiger partial charge < -0.3 is 9.72 Å². The van der Waals surface area contributed by atoms with Crippen LogP contribution in [-0.4, -0.2) is 28.9 Å². The first-order valence-corrected chi connectivity index (χ1v) is 9.04. The van der Waals surface area contributed by atoms with Crippen LogP contribution in [0.3, 0.4) is 0 Å². The van der Waals surface area contributed by atoms with Gasteiger partial charge in [-0.3, -0.25) is 14.4 Å². The van der Waals surface area contributed by atoms with Crippen LogP contribution in [-0.2, 0) is 0 Å². The van der Waals surface area contributed by atoms with Crippen LogP contribution in [0.25, 0.3) is 0 Å². The fourth-order valence-electron chi connectivity index (χ4n) is 3.25. The summed E-state index contributed by atoms with van der Waals surface area (Å²) in [7, 11) is 0. The molecule has 3 aromatic rings. The van der Waals surface area contributed by atoms with Crippen molar-refractivity contribution in [2.24, 2.45) is 0 Å². The van der Waals surface area contributed by atoms with Gasteiger partial charge in [0.1, 0.15) is 11.6 Å². The van der Waals surface area contributed by atoms with Gasteiger partial charge in [-0.25, -0.2) is 4.39 Å². The van der Waals surface area contributed by atoms with E-state index in [2.05, 4.69) is 4.98 Å². The standard InChI is InChI=1S/C23H20FNO4/c1-13-21(15(3)26)14(2)25-22(13)20(27)12-29-19-10-6-17(7-11-19)23(28)16-4-8-18(24)9-5-16/h4-11,25H,12H2,1-3H3. The van der Waals surface area contributed by atoms with Crippen molar-refractivity contribution in [3.63, 3.8) is 0 Å². The molecule has 0 radical (unpaired) electrons. The van der Waals surface area contributed by atoms with Crippen molar-refractivity contribution in [1.82, 2.24) is 4.98 Å². The van der Waals surface area contributed by atoms with Crippen molar-refractivity contribution in [3.05, 3.63) is 88.0 Å². The molecule has 0 saturated heterocycles. The largest absolute Gasteiger partial charge is 0.485 e. The molecule has 0 spiro atoms. The average Bonchev–Trinajstić information content (AvgIpc) is 3.01. The van der Waals surface area contributed by atoms with Gasteiger partial charge in [0.15, 0.2) is 18.2 Å². The van der Waals surface area contributed by atoms with Gasteiger partial charge in [-0.05, 0) is 74.9 Å². The molecule has 148 valence electrons. The van der Waals surface area contributed by atoms with E-state index in [0.29, 0.717) is 39.4 Å². The maximum absolute atomic E-state index is 13.0. The highest BCUT2D eigenvalue weighted by Gasteiger charge is 2.20. The molecule has 0 saturated carbocycles. The summed E-state index contributed by atoms with van der Waals surface area (Å²) >= 11 is 0. The van der Waals surface area contributed by atoms with Crippen LogP contribution >= 0.6 is 0 Å². The number of ketones is 3. The van der Waals surface area contributed by atoms with Crippen molar-refractivity contribution in [2.75, 3.05) is 6.61 Å². The summed E-state index contributed by atoms with van der Waals surface area (Å²) < 4.78 is 18.5. The molecule has 0 aliphatic heterocycles. The quantitative estimate of drug-likeness (QED) is 0.601. The third-order valence-corrected chi connectivity index (χ3v) is 4.66. The second-order valence-corrected chi connectivity index (χ2v) is 6.75. The Balaban J connectivity index is 1.67. The van der Waals surface area contributed by atoms with Crippen molar-refractivity contribution >= 4 is 17.3 Å². The lowest BCUT2D eigenvalue weighted by atomic mass is 10.0. The number of halogens is 1. The number of hydrogen-bond acceptors (Lipinski definition) is 4. The number of nitrogens with one attached hydrogen (secondary N) is 1. The molecule has 0 amide bonds. The third kappa shape index (κ3) is 4.32. The van der Waals surface area contributed by atoms with Crippen LogP contribution in [0.2, 0.25) is 0 Å². The zero-order chi connectivity index (χ0) is 21.1. The van der Waals surface area contributed by atoms with Gasteiger partial charge >= 0.3 is 0 Å². The molecule has 1 heterocycles. The number of aryl methyl sites for hydroxylation is 1. The van der Waals surface area contributed by atoms with E-state index in [1.807, 2.05) is 0 Å². The molecule has 29 heavy (non-hydrogen) atoms. The van der Waals surface area contributed by atoms with Crippen molar-refractivity contribution < 1.29 is 23.5 Å². The van der Waals surface area contributed by atoms with E-state index >= 15 is 0 Å². The highest BCUT2D eigenvalue weighted by atomic mass is 19.1. The summed E-state index contributed by atoms with van der Waals surface area (Å²) in [5.74, 6) is -0.580.